The standard InChI is InChI=1S/C29H19N3O5/c33-31(34)24-13-16-29(28(19-24)32(35)36)37-25-14-11-20(12-15-25)23-17-26(21-7-3-1-4-8-21)30-27(18-23)22-9-5-2-6-10-22/h1-19H. The van der Waals surface area contributed by atoms with Gasteiger partial charge in [-0.3, -0.25) is 20.2 Å². The van der Waals surface area contributed by atoms with Crippen molar-refractivity contribution in [1.29, 1.82) is 0 Å². The zero-order valence-electron chi connectivity index (χ0n) is 19.4. The molecule has 0 N–H and O–H groups in total. The Kier molecular flexibility index (Phi) is 6.37. The van der Waals surface area contributed by atoms with E-state index in [1.165, 1.54) is 12.1 Å². The fourth-order valence-corrected chi connectivity index (χ4v) is 3.90. The summed E-state index contributed by atoms with van der Waals surface area (Å²) in [7, 11) is 0. The average molecular weight is 489 g/mol. The second-order valence-electron chi connectivity index (χ2n) is 8.15. The Bertz CT molecular complexity index is 1530. The van der Waals surface area contributed by atoms with Crippen LogP contribution in [-0.4, -0.2) is 14.8 Å². The van der Waals surface area contributed by atoms with E-state index < -0.39 is 15.5 Å². The van der Waals surface area contributed by atoms with Crippen molar-refractivity contribution in [3.63, 3.8) is 0 Å². The quantitative estimate of drug-likeness (QED) is 0.171. The van der Waals surface area contributed by atoms with Gasteiger partial charge in [0.05, 0.1) is 27.3 Å². The predicted octanol–water partition coefficient (Wildman–Crippen LogP) is 7.69. The van der Waals surface area contributed by atoms with Gasteiger partial charge in [0.2, 0.25) is 5.75 Å². The minimum absolute atomic E-state index is 0.0787. The van der Waals surface area contributed by atoms with Gasteiger partial charge in [-0.15, -0.1) is 0 Å². The SMILES string of the molecule is O=[N+]([O-])c1ccc(Oc2ccc(-c3cc(-c4ccccc4)nc(-c4ccccc4)c3)cc2)c([N+](=O)[O-])c1. The molecule has 0 saturated heterocycles. The number of ether oxygens (including phenoxy) is 1. The Labute approximate surface area is 211 Å². The minimum atomic E-state index is -0.704. The van der Waals surface area contributed by atoms with Crippen LogP contribution in [0.3, 0.4) is 0 Å². The summed E-state index contributed by atoms with van der Waals surface area (Å²) in [5.41, 5.74) is 4.64. The highest BCUT2D eigenvalue weighted by atomic mass is 16.6. The van der Waals surface area contributed by atoms with Crippen LogP contribution in [-0.2, 0) is 0 Å². The van der Waals surface area contributed by atoms with Gasteiger partial charge in [0.1, 0.15) is 5.75 Å². The molecule has 0 saturated carbocycles. The van der Waals surface area contributed by atoms with Crippen molar-refractivity contribution < 1.29 is 14.6 Å². The molecular weight excluding hydrogens is 470 g/mol. The third kappa shape index (κ3) is 5.18. The van der Waals surface area contributed by atoms with Crippen LogP contribution in [0.5, 0.6) is 11.5 Å². The molecule has 0 radical (unpaired) electrons. The van der Waals surface area contributed by atoms with Crippen molar-refractivity contribution in [1.82, 2.24) is 4.98 Å². The smallest absolute Gasteiger partial charge is 0.318 e. The van der Waals surface area contributed by atoms with E-state index in [0.717, 1.165) is 39.7 Å². The summed E-state index contributed by atoms with van der Waals surface area (Å²) in [5, 5.41) is 22.4. The molecule has 37 heavy (non-hydrogen) atoms. The maximum Gasteiger partial charge on any atom is 0.318 e. The van der Waals surface area contributed by atoms with E-state index in [1.807, 2.05) is 84.9 Å². The van der Waals surface area contributed by atoms with Crippen LogP contribution in [0.25, 0.3) is 33.6 Å². The van der Waals surface area contributed by atoms with Crippen LogP contribution in [0.1, 0.15) is 0 Å². The van der Waals surface area contributed by atoms with E-state index >= 15 is 0 Å². The van der Waals surface area contributed by atoms with Gasteiger partial charge in [-0.1, -0.05) is 72.8 Å². The molecule has 4 aromatic carbocycles. The van der Waals surface area contributed by atoms with Crippen LogP contribution in [0.4, 0.5) is 11.4 Å². The minimum Gasteiger partial charge on any atom is -0.450 e. The lowest BCUT2D eigenvalue weighted by molar-refractivity contribution is -0.394. The number of nitro benzene ring substituents is 2. The number of pyridine rings is 1. The highest BCUT2D eigenvalue weighted by Crippen LogP contribution is 2.36. The molecule has 0 fully saturated rings. The van der Waals surface area contributed by atoms with Gasteiger partial charge in [-0.05, 0) is 41.5 Å². The molecule has 8 heteroatoms. The van der Waals surface area contributed by atoms with Gasteiger partial charge in [0.25, 0.3) is 5.69 Å². The lowest BCUT2D eigenvalue weighted by Crippen LogP contribution is -1.96. The molecular formula is C29H19N3O5. The van der Waals surface area contributed by atoms with Crippen LogP contribution in [0.2, 0.25) is 0 Å². The highest BCUT2D eigenvalue weighted by molar-refractivity contribution is 5.76. The molecule has 0 aliphatic carbocycles. The predicted molar refractivity (Wildman–Crippen MR) is 140 cm³/mol. The molecule has 0 aliphatic heterocycles. The van der Waals surface area contributed by atoms with E-state index in [4.69, 9.17) is 9.72 Å². The lowest BCUT2D eigenvalue weighted by Gasteiger charge is -2.11. The molecule has 0 spiro atoms. The average Bonchev–Trinajstić information content (AvgIpc) is 2.94. The van der Waals surface area contributed by atoms with Crippen LogP contribution in [0, 0.1) is 20.2 Å². The Morgan fingerprint density at radius 2 is 1.14 bits per heavy atom. The van der Waals surface area contributed by atoms with Crippen molar-refractivity contribution >= 4 is 11.4 Å². The number of nitro groups is 2. The first-order valence-electron chi connectivity index (χ1n) is 11.3. The van der Waals surface area contributed by atoms with E-state index in [9.17, 15) is 20.2 Å². The first kappa shape index (κ1) is 23.4. The summed E-state index contributed by atoms with van der Waals surface area (Å²) in [6.07, 6.45) is 0. The number of rotatable bonds is 7. The third-order valence-corrected chi connectivity index (χ3v) is 5.73. The Morgan fingerprint density at radius 1 is 0.568 bits per heavy atom. The molecule has 8 nitrogen and oxygen atoms in total. The van der Waals surface area contributed by atoms with E-state index in [0.29, 0.717) is 5.75 Å². The monoisotopic (exact) mass is 489 g/mol. The first-order chi connectivity index (χ1) is 18.0. The highest BCUT2D eigenvalue weighted by Gasteiger charge is 2.21. The molecule has 0 amide bonds. The summed E-state index contributed by atoms with van der Waals surface area (Å²) >= 11 is 0. The third-order valence-electron chi connectivity index (χ3n) is 5.73. The van der Waals surface area contributed by atoms with Crippen LogP contribution >= 0.6 is 0 Å². The molecule has 5 aromatic rings. The van der Waals surface area contributed by atoms with Crippen molar-refractivity contribution in [3.8, 4) is 45.1 Å². The van der Waals surface area contributed by atoms with Gasteiger partial charge in [-0.2, -0.15) is 0 Å². The number of aromatic nitrogens is 1. The van der Waals surface area contributed by atoms with Crippen molar-refractivity contribution in [3.05, 3.63) is 135 Å². The molecule has 5 rings (SSSR count). The van der Waals surface area contributed by atoms with Crippen molar-refractivity contribution in [2.75, 3.05) is 0 Å². The number of hydrogen-bond acceptors (Lipinski definition) is 6. The van der Waals surface area contributed by atoms with E-state index in [2.05, 4.69) is 0 Å². The molecule has 1 heterocycles. The van der Waals surface area contributed by atoms with E-state index in [-0.39, 0.29) is 11.4 Å². The Hall–Kier alpha value is -5.37. The molecule has 0 unspecified atom stereocenters. The largest absolute Gasteiger partial charge is 0.450 e. The Morgan fingerprint density at radius 3 is 1.65 bits per heavy atom. The molecule has 180 valence electrons. The second kappa shape index (κ2) is 10.1. The lowest BCUT2D eigenvalue weighted by atomic mass is 10.00. The molecule has 0 aliphatic rings. The zero-order valence-corrected chi connectivity index (χ0v) is 19.4. The maximum absolute atomic E-state index is 11.4. The van der Waals surface area contributed by atoms with E-state index in [1.54, 1.807) is 12.1 Å². The van der Waals surface area contributed by atoms with Gasteiger partial charge in [0, 0.05) is 17.2 Å². The van der Waals surface area contributed by atoms with Gasteiger partial charge >= 0.3 is 5.69 Å². The number of non-ortho nitro benzene ring substituents is 1. The normalized spacial score (nSPS) is 10.6. The fraction of sp³-hybridized carbons (Fsp3) is 0. The topological polar surface area (TPSA) is 108 Å². The molecule has 1 aromatic heterocycles. The summed E-state index contributed by atoms with van der Waals surface area (Å²) in [6.45, 7) is 0. The number of nitrogens with zero attached hydrogens (tertiary/aromatic N) is 3. The fourth-order valence-electron chi connectivity index (χ4n) is 3.90. The number of hydrogen-bond donors (Lipinski definition) is 0. The molecule has 0 bridgehead atoms. The van der Waals surface area contributed by atoms with Gasteiger partial charge in [0.15, 0.2) is 0 Å². The van der Waals surface area contributed by atoms with Crippen molar-refractivity contribution in [2.24, 2.45) is 0 Å². The number of benzene rings is 4. The zero-order chi connectivity index (χ0) is 25.8. The first-order valence-corrected chi connectivity index (χ1v) is 11.3. The summed E-state index contributed by atoms with van der Waals surface area (Å²) in [4.78, 5) is 25.9. The molecule has 0 atom stereocenters. The van der Waals surface area contributed by atoms with Gasteiger partial charge < -0.3 is 4.74 Å². The maximum atomic E-state index is 11.4. The summed E-state index contributed by atoms with van der Waals surface area (Å²) in [5.74, 6) is 0.284. The second-order valence-corrected chi connectivity index (χ2v) is 8.15. The van der Waals surface area contributed by atoms with Crippen LogP contribution in [0.15, 0.2) is 115 Å². The van der Waals surface area contributed by atoms with Gasteiger partial charge in [-0.25, -0.2) is 4.98 Å². The summed E-state index contributed by atoms with van der Waals surface area (Å²) in [6, 6.07) is 34.2. The summed E-state index contributed by atoms with van der Waals surface area (Å²) < 4.78 is 5.71. The van der Waals surface area contributed by atoms with Crippen LogP contribution < -0.4 is 4.74 Å². The Balaban J connectivity index is 1.50. The van der Waals surface area contributed by atoms with Crippen molar-refractivity contribution in [2.45, 2.75) is 0 Å².